The second-order valence-electron chi connectivity index (χ2n) is 22.0. The Hall–Kier alpha value is -6.77. The van der Waals surface area contributed by atoms with Crippen LogP contribution < -0.4 is 38.0 Å². The highest BCUT2D eigenvalue weighted by Crippen LogP contribution is 2.68. The molecule has 0 bridgehead atoms. The van der Waals surface area contributed by atoms with Crippen molar-refractivity contribution in [3.05, 3.63) is 68.5 Å². The van der Waals surface area contributed by atoms with Crippen LogP contribution in [0.1, 0.15) is 30.7 Å². The second-order valence-corrected chi connectivity index (χ2v) is 29.5. The minimum absolute atomic E-state index is 0.00933. The van der Waals surface area contributed by atoms with Gasteiger partial charge < -0.3 is 95.5 Å². The molecule has 55 heteroatoms. The normalized spacial score (nSPS) is 30.5. The van der Waals surface area contributed by atoms with Gasteiger partial charge in [-0.05, 0) is 6.92 Å². The molecule has 12 rings (SSSR count). The first kappa shape index (κ1) is 72.0. The van der Waals surface area contributed by atoms with Crippen LogP contribution in [0.4, 0.5) is 17.7 Å². The molecule has 0 spiro atoms. The van der Waals surface area contributed by atoms with E-state index in [2.05, 4.69) is 68.8 Å². The average molecular weight is 1500 g/mol. The van der Waals surface area contributed by atoms with E-state index in [4.69, 9.17) is 62.3 Å². The maximum atomic E-state index is 14.3. The van der Waals surface area contributed by atoms with Crippen molar-refractivity contribution in [3.8, 4) is 0 Å². The summed E-state index contributed by atoms with van der Waals surface area (Å²) in [6.07, 6.45) is -23.8. The molecule has 5 unspecified atom stereocenters. The highest BCUT2D eigenvalue weighted by molar-refractivity contribution is 7.66. The minimum atomic E-state index is -6.34. The fraction of sp³-hybridized carbons (Fsp3) is 0.545. The third kappa shape index (κ3) is 14.4. The Balaban J connectivity index is 0.745. The molecular formula is C44H59N19O31P5+. The Morgan fingerprint density at radius 3 is 1.67 bits per heavy atom. The van der Waals surface area contributed by atoms with E-state index in [1.165, 1.54) is 31.9 Å². The summed E-state index contributed by atoms with van der Waals surface area (Å²) in [5.41, 5.74) is 8.31. The summed E-state index contributed by atoms with van der Waals surface area (Å²) in [5, 5.41) is 58.4. The summed E-state index contributed by atoms with van der Waals surface area (Å²) >= 11 is 0. The van der Waals surface area contributed by atoms with Gasteiger partial charge in [-0.15, -0.1) is 0 Å². The largest absolute Gasteiger partial charge is 0.490 e. The van der Waals surface area contributed by atoms with Gasteiger partial charge in [-0.1, -0.05) is 4.98 Å². The summed E-state index contributed by atoms with van der Waals surface area (Å²) in [6.45, 7) is -3.44. The summed E-state index contributed by atoms with van der Waals surface area (Å²) in [5.74, 6) is -0.452. The third-order valence-electron chi connectivity index (χ3n) is 15.6. The van der Waals surface area contributed by atoms with Crippen LogP contribution in [-0.4, -0.2) is 237 Å². The number of aliphatic hydroxyl groups is 5. The van der Waals surface area contributed by atoms with E-state index < -0.39 is 186 Å². The van der Waals surface area contributed by atoms with Crippen molar-refractivity contribution >= 4 is 101 Å². The number of phosphoric ester groups is 4. The number of ether oxygens (including phenoxy) is 5. The number of hydrogen-bond acceptors (Lipinski definition) is 37. The van der Waals surface area contributed by atoms with Crippen LogP contribution in [-0.2, 0) is 89.3 Å². The number of imidazole rings is 4. The van der Waals surface area contributed by atoms with Crippen LogP contribution in [0.3, 0.4) is 0 Å². The maximum Gasteiger partial charge on any atom is 0.490 e. The number of methoxy groups -OCH3 is 1. The van der Waals surface area contributed by atoms with Crippen molar-refractivity contribution in [2.45, 2.75) is 105 Å². The zero-order valence-corrected chi connectivity index (χ0v) is 55.2. The van der Waals surface area contributed by atoms with Gasteiger partial charge in [0.2, 0.25) is 17.7 Å². The standard InChI is InChI=1S/C44H58N19O31P5/c1-14-53-33-20(36(69)54-14)51-11-61(33)39-25(66)23(64)15(87-39)5-83-95(72,73)91-28-17(89-41(27(28)68)60-10-50-19-31(47-2)48-9-49-32(19)60)7-84-96(74,75)92-29-18(90-42(30(29)82-4)62-12-52-21-34(62)55-43(45)57-37(21)70)8-86-98(78,79)94-99(80,81)93-97(76,77)85-6-16-24(65)26(67)40(88-16)63-13-59(3)22-35(63)56-44(46)58-38(22)71/h9-13,15-18,23-30,39-42,64-68H,5-8H2,1-4H3,(H12-,45,46,47,48,49,53,54,55,56,57,58,69,70,71,72,73,74,75,76,77,78,79,80,81)/p+1/t15-,16-,17-,18-,23-,24-,25-,26-,27-,28-,29-,30-,39-,40-,41-,42-/m1/s1. The van der Waals surface area contributed by atoms with Crippen molar-refractivity contribution < 1.29 is 137 Å². The van der Waals surface area contributed by atoms with Gasteiger partial charge in [-0.3, -0.25) is 69.8 Å². The summed E-state index contributed by atoms with van der Waals surface area (Å²) in [4.78, 5) is 132. The molecule has 0 radical (unpaired) electrons. The van der Waals surface area contributed by atoms with Gasteiger partial charge in [0.25, 0.3) is 22.6 Å². The van der Waals surface area contributed by atoms with Crippen LogP contribution in [0.2, 0.25) is 0 Å². The zero-order chi connectivity index (χ0) is 71.3. The number of anilines is 3. The van der Waals surface area contributed by atoms with Gasteiger partial charge >= 0.3 is 44.8 Å². The van der Waals surface area contributed by atoms with Crippen molar-refractivity contribution in [1.29, 1.82) is 0 Å². The zero-order valence-electron chi connectivity index (χ0n) is 50.7. The number of aliphatic hydroxyl groups excluding tert-OH is 5. The smallest absolute Gasteiger partial charge is 0.387 e. The van der Waals surface area contributed by atoms with Crippen molar-refractivity contribution in [2.75, 3.05) is 57.4 Å². The monoisotopic (exact) mass is 1500 g/mol. The molecule has 0 aromatic carbocycles. The lowest BCUT2D eigenvalue weighted by Gasteiger charge is -2.27. The van der Waals surface area contributed by atoms with E-state index in [0.717, 1.165) is 50.7 Å². The summed E-state index contributed by atoms with van der Waals surface area (Å²) in [7, 11) is -25.9. The predicted octanol–water partition coefficient (Wildman–Crippen LogP) is -5.05. The molecule has 4 saturated heterocycles. The molecule has 8 aromatic heterocycles. The van der Waals surface area contributed by atoms with E-state index in [1.54, 1.807) is 0 Å². The Morgan fingerprint density at radius 2 is 1.04 bits per heavy atom. The van der Waals surface area contributed by atoms with Gasteiger partial charge in [-0.2, -0.15) is 13.6 Å². The van der Waals surface area contributed by atoms with Gasteiger partial charge in [0.1, 0.15) is 90.9 Å². The van der Waals surface area contributed by atoms with Gasteiger partial charge in [0.05, 0.1) is 52.5 Å². The van der Waals surface area contributed by atoms with Crippen molar-refractivity contribution in [3.63, 3.8) is 0 Å². The number of aromatic nitrogens is 16. The third-order valence-corrected chi connectivity index (χ3v) is 21.8. The number of aryl methyl sites for hydroxylation is 2. The molecule has 4 fully saturated rings. The lowest BCUT2D eigenvalue weighted by Crippen LogP contribution is -2.46. The number of nitrogens with one attached hydrogen (secondary N) is 4. The Bertz CT molecular complexity index is 4840. The molecule has 8 aromatic rings. The van der Waals surface area contributed by atoms with Crippen LogP contribution in [0.25, 0.3) is 44.7 Å². The Kier molecular flexibility index (Phi) is 19.8. The molecule has 50 nitrogen and oxygen atoms in total. The van der Waals surface area contributed by atoms with E-state index in [9.17, 15) is 87.2 Å². The SMILES string of the molecule is CNc1ncnc2c1ncn2[C@@H]1O[C@H](COP(=O)(O)O[C@H]2[C@@H](OC)[C@H](n3cnc4c(=O)[nH]c(N)nc43)O[C@@H]2COP(=O)(O)OP(=O)(O)OP(=O)(O)OC[C@H]2O[C@@H]([n+]3cn(C)c4c(=O)[nH]c(N)nc43)[C@H](O)[C@@H]2O)[C@@H](OP(=O)(O)OC[C@H]2O[C@@H](n3cnc4c(=O)[nH]c(C)nc43)[C@H](O)[C@@H]2O)[C@H]1O. The number of fused-ring (bicyclic) bond motifs is 4. The summed E-state index contributed by atoms with van der Waals surface area (Å²) < 4.78 is 142. The van der Waals surface area contributed by atoms with Gasteiger partial charge in [0, 0.05) is 14.2 Å². The first-order valence-electron chi connectivity index (χ1n) is 28.4. The van der Waals surface area contributed by atoms with Crippen molar-refractivity contribution in [2.24, 2.45) is 7.05 Å². The second kappa shape index (κ2) is 27.2. The number of nitrogen functional groups attached to an aromatic ring is 2. The molecule has 21 atom stereocenters. The molecule has 0 saturated carbocycles. The molecule has 99 heavy (non-hydrogen) atoms. The van der Waals surface area contributed by atoms with Crippen molar-refractivity contribution in [1.82, 2.24) is 73.1 Å². The lowest BCUT2D eigenvalue weighted by molar-refractivity contribution is -0.745. The maximum absolute atomic E-state index is 14.3. The molecule has 18 N–H and O–H groups in total. The van der Waals surface area contributed by atoms with E-state index in [1.807, 2.05) is 0 Å². The number of aromatic amines is 3. The molecule has 0 amide bonds. The predicted molar refractivity (Wildman–Crippen MR) is 318 cm³/mol. The number of rotatable bonds is 26. The topological polar surface area (TPSA) is 697 Å². The Morgan fingerprint density at radius 1 is 0.556 bits per heavy atom. The van der Waals surface area contributed by atoms with Crippen LogP contribution in [0, 0.1) is 6.92 Å². The fourth-order valence-electron chi connectivity index (χ4n) is 11.2. The number of hydrogen-bond donors (Lipinski definition) is 16. The first-order valence-corrected chi connectivity index (χ1v) is 35.9. The van der Waals surface area contributed by atoms with Crippen LogP contribution in [0.15, 0.2) is 46.0 Å². The molecule has 4 aliphatic heterocycles. The highest BCUT2D eigenvalue weighted by atomic mass is 31.3. The molecule has 540 valence electrons. The molecule has 4 aliphatic rings. The molecular weight excluding hydrogens is 1450 g/mol. The highest BCUT2D eigenvalue weighted by Gasteiger charge is 2.56. The van der Waals surface area contributed by atoms with E-state index >= 15 is 0 Å². The lowest BCUT2D eigenvalue weighted by atomic mass is 10.1. The summed E-state index contributed by atoms with van der Waals surface area (Å²) in [6, 6.07) is 0. The number of phosphoric acid groups is 5. The van der Waals surface area contributed by atoms with Gasteiger partial charge in [-0.25, -0.2) is 57.3 Å². The van der Waals surface area contributed by atoms with Gasteiger partial charge in [0.15, 0.2) is 58.8 Å². The molecule has 0 aliphatic carbocycles. The first-order chi connectivity index (χ1) is 46.6. The number of nitrogens with two attached hydrogens (primary N) is 2. The Labute approximate surface area is 547 Å². The average Bonchev–Trinajstić information content (AvgIpc) is 1.63. The fourth-order valence-corrected chi connectivity index (χ4v) is 16.7. The van der Waals surface area contributed by atoms with E-state index in [0.29, 0.717) is 0 Å². The molecule has 12 heterocycles. The quantitative estimate of drug-likeness (QED) is 0.0178. The minimum Gasteiger partial charge on any atom is -0.387 e. The number of nitrogens with zero attached hydrogens (tertiary/aromatic N) is 13. The number of H-pyrrole nitrogens is 3. The van der Waals surface area contributed by atoms with Crippen LogP contribution in [0.5, 0.6) is 0 Å². The van der Waals surface area contributed by atoms with Crippen LogP contribution >= 0.6 is 39.1 Å². The van der Waals surface area contributed by atoms with E-state index in [-0.39, 0.29) is 62.2 Å².